The largest absolute Gasteiger partial charge is 0.481 e. The fraction of sp³-hybridized carbons (Fsp3) is 0.500. The zero-order chi connectivity index (χ0) is 14.7. The Balaban J connectivity index is 2.25. The minimum absolute atomic E-state index is 0.0304. The molecular weight excluding hydrogens is 254 g/mol. The lowest BCUT2D eigenvalue weighted by molar-refractivity contribution is -0.138. The van der Waals surface area contributed by atoms with Gasteiger partial charge in [0.05, 0.1) is 6.42 Å². The highest BCUT2D eigenvalue weighted by Crippen LogP contribution is 2.24. The first kappa shape index (κ1) is 14.6. The summed E-state index contributed by atoms with van der Waals surface area (Å²) in [6.07, 6.45) is 2.76. The van der Waals surface area contributed by atoms with Crippen LogP contribution in [0, 0.1) is 13.8 Å². The molecule has 0 aliphatic carbocycles. The third-order valence-electron chi connectivity index (χ3n) is 4.13. The van der Waals surface area contributed by atoms with Crippen molar-refractivity contribution >= 4 is 11.9 Å². The summed E-state index contributed by atoms with van der Waals surface area (Å²) in [6, 6.07) is 5.52. The Morgan fingerprint density at radius 1 is 1.30 bits per heavy atom. The van der Waals surface area contributed by atoms with E-state index in [4.69, 9.17) is 5.11 Å². The molecule has 0 saturated carbocycles. The molecule has 1 aromatic rings. The number of amides is 1. The number of carbonyl (C=O) groups excluding carboxylic acids is 1. The van der Waals surface area contributed by atoms with Gasteiger partial charge in [-0.2, -0.15) is 0 Å². The maximum absolute atomic E-state index is 12.7. The highest BCUT2D eigenvalue weighted by Gasteiger charge is 2.29. The molecule has 0 radical (unpaired) electrons. The lowest BCUT2D eigenvalue weighted by atomic mass is 9.96. The molecule has 20 heavy (non-hydrogen) atoms. The molecule has 0 bridgehead atoms. The Morgan fingerprint density at radius 3 is 2.75 bits per heavy atom. The molecule has 1 aromatic carbocycles. The van der Waals surface area contributed by atoms with E-state index >= 15 is 0 Å². The van der Waals surface area contributed by atoms with E-state index in [2.05, 4.69) is 0 Å². The zero-order valence-electron chi connectivity index (χ0n) is 12.1. The minimum Gasteiger partial charge on any atom is -0.481 e. The molecule has 1 heterocycles. The molecule has 1 fully saturated rings. The van der Waals surface area contributed by atoms with Crippen LogP contribution in [-0.4, -0.2) is 34.5 Å². The van der Waals surface area contributed by atoms with Gasteiger partial charge in [0.25, 0.3) is 5.91 Å². The Morgan fingerprint density at radius 2 is 2.05 bits per heavy atom. The summed E-state index contributed by atoms with van der Waals surface area (Å²) in [5, 5.41) is 9.00. The third-order valence-corrected chi connectivity index (χ3v) is 4.13. The Kier molecular flexibility index (Phi) is 4.42. The molecule has 4 heteroatoms. The highest BCUT2D eigenvalue weighted by atomic mass is 16.4. The van der Waals surface area contributed by atoms with Crippen molar-refractivity contribution in [2.45, 2.75) is 45.6 Å². The molecule has 108 valence electrons. The zero-order valence-corrected chi connectivity index (χ0v) is 12.1. The summed E-state index contributed by atoms with van der Waals surface area (Å²) in [6.45, 7) is 4.58. The second-order valence-electron chi connectivity index (χ2n) is 5.49. The van der Waals surface area contributed by atoms with E-state index < -0.39 is 5.97 Å². The molecule has 2 rings (SSSR count). The highest BCUT2D eigenvalue weighted by molar-refractivity contribution is 5.96. The topological polar surface area (TPSA) is 57.6 Å². The fourth-order valence-corrected chi connectivity index (χ4v) is 2.82. The number of rotatable bonds is 3. The molecule has 0 aromatic heterocycles. The van der Waals surface area contributed by atoms with Gasteiger partial charge in [0, 0.05) is 18.2 Å². The first-order valence-electron chi connectivity index (χ1n) is 7.09. The first-order valence-corrected chi connectivity index (χ1v) is 7.09. The van der Waals surface area contributed by atoms with Crippen LogP contribution in [0.5, 0.6) is 0 Å². The van der Waals surface area contributed by atoms with Crippen LogP contribution >= 0.6 is 0 Å². The number of benzene rings is 1. The van der Waals surface area contributed by atoms with Gasteiger partial charge in [-0.3, -0.25) is 9.59 Å². The average Bonchev–Trinajstić information content (AvgIpc) is 2.41. The van der Waals surface area contributed by atoms with Gasteiger partial charge in [0.15, 0.2) is 0 Å². The molecule has 1 aliphatic heterocycles. The number of aliphatic carboxylic acids is 1. The summed E-state index contributed by atoms with van der Waals surface area (Å²) in [5.41, 5.74) is 2.77. The maximum atomic E-state index is 12.7. The SMILES string of the molecule is Cc1cccc(C(=O)N2CCCCC2CC(=O)O)c1C. The molecule has 1 N–H and O–H groups in total. The van der Waals surface area contributed by atoms with E-state index in [9.17, 15) is 9.59 Å². The average molecular weight is 275 g/mol. The van der Waals surface area contributed by atoms with Crippen LogP contribution < -0.4 is 0 Å². The molecule has 1 saturated heterocycles. The quantitative estimate of drug-likeness (QED) is 0.922. The summed E-state index contributed by atoms with van der Waals surface area (Å²) in [5.74, 6) is -0.868. The maximum Gasteiger partial charge on any atom is 0.305 e. The lowest BCUT2D eigenvalue weighted by Gasteiger charge is -2.35. The number of carboxylic acid groups (broad SMARTS) is 1. The van der Waals surface area contributed by atoms with Crippen molar-refractivity contribution < 1.29 is 14.7 Å². The van der Waals surface area contributed by atoms with E-state index in [-0.39, 0.29) is 18.4 Å². The van der Waals surface area contributed by atoms with E-state index in [1.165, 1.54) is 0 Å². The van der Waals surface area contributed by atoms with Gasteiger partial charge < -0.3 is 10.0 Å². The van der Waals surface area contributed by atoms with Crippen LogP contribution in [0.3, 0.4) is 0 Å². The number of piperidine rings is 1. The molecular formula is C16H21NO3. The van der Waals surface area contributed by atoms with Crippen molar-refractivity contribution in [2.24, 2.45) is 0 Å². The van der Waals surface area contributed by atoms with Crippen molar-refractivity contribution in [3.63, 3.8) is 0 Å². The van der Waals surface area contributed by atoms with Crippen LogP contribution in [0.4, 0.5) is 0 Å². The summed E-state index contributed by atoms with van der Waals surface area (Å²) in [7, 11) is 0. The standard InChI is InChI=1S/C16H21NO3/c1-11-6-5-8-14(12(11)2)16(20)17-9-4-3-7-13(17)10-15(18)19/h5-6,8,13H,3-4,7,9-10H2,1-2H3,(H,18,19). The molecule has 4 nitrogen and oxygen atoms in total. The van der Waals surface area contributed by atoms with E-state index in [0.717, 1.165) is 30.4 Å². The molecule has 1 unspecified atom stereocenters. The number of carbonyl (C=O) groups is 2. The van der Waals surface area contributed by atoms with Gasteiger partial charge in [0.1, 0.15) is 0 Å². The number of likely N-dealkylation sites (tertiary alicyclic amines) is 1. The Bertz CT molecular complexity index is 524. The van der Waals surface area contributed by atoms with Gasteiger partial charge in [-0.25, -0.2) is 0 Å². The number of nitrogens with zero attached hydrogens (tertiary/aromatic N) is 1. The van der Waals surface area contributed by atoms with Crippen LogP contribution in [0.15, 0.2) is 18.2 Å². The predicted octanol–water partition coefficient (Wildman–Crippen LogP) is 2.77. The van der Waals surface area contributed by atoms with Crippen LogP contribution in [0.1, 0.15) is 47.2 Å². The third kappa shape index (κ3) is 3.00. The van der Waals surface area contributed by atoms with Crippen LogP contribution in [0.2, 0.25) is 0 Å². The van der Waals surface area contributed by atoms with E-state index in [1.54, 1.807) is 4.90 Å². The number of aryl methyl sites for hydroxylation is 1. The fourth-order valence-electron chi connectivity index (χ4n) is 2.82. The van der Waals surface area contributed by atoms with Gasteiger partial charge in [-0.1, -0.05) is 12.1 Å². The molecule has 1 amide bonds. The molecule has 1 atom stereocenters. The molecule has 1 aliphatic rings. The van der Waals surface area contributed by atoms with Crippen molar-refractivity contribution in [1.82, 2.24) is 4.90 Å². The first-order chi connectivity index (χ1) is 9.50. The lowest BCUT2D eigenvalue weighted by Crippen LogP contribution is -2.45. The van der Waals surface area contributed by atoms with Crippen molar-refractivity contribution in [3.8, 4) is 0 Å². The molecule has 0 spiro atoms. The monoisotopic (exact) mass is 275 g/mol. The summed E-state index contributed by atoms with van der Waals surface area (Å²) < 4.78 is 0. The predicted molar refractivity (Wildman–Crippen MR) is 76.8 cm³/mol. The van der Waals surface area contributed by atoms with Gasteiger partial charge >= 0.3 is 5.97 Å². The summed E-state index contributed by atoms with van der Waals surface area (Å²) in [4.78, 5) is 25.4. The van der Waals surface area contributed by atoms with Crippen molar-refractivity contribution in [3.05, 3.63) is 34.9 Å². The Hall–Kier alpha value is -1.84. The number of carboxylic acids is 1. The van der Waals surface area contributed by atoms with Gasteiger partial charge in [-0.05, 0) is 50.3 Å². The summed E-state index contributed by atoms with van der Waals surface area (Å²) >= 11 is 0. The van der Waals surface area contributed by atoms with E-state index in [0.29, 0.717) is 12.1 Å². The minimum atomic E-state index is -0.837. The second kappa shape index (κ2) is 6.07. The number of hydrogen-bond donors (Lipinski definition) is 1. The van der Waals surface area contributed by atoms with E-state index in [1.807, 2.05) is 32.0 Å². The van der Waals surface area contributed by atoms with Crippen LogP contribution in [0.25, 0.3) is 0 Å². The van der Waals surface area contributed by atoms with Gasteiger partial charge in [0.2, 0.25) is 0 Å². The van der Waals surface area contributed by atoms with Crippen molar-refractivity contribution in [2.75, 3.05) is 6.54 Å². The van der Waals surface area contributed by atoms with Crippen molar-refractivity contribution in [1.29, 1.82) is 0 Å². The Labute approximate surface area is 119 Å². The van der Waals surface area contributed by atoms with Gasteiger partial charge in [-0.15, -0.1) is 0 Å². The number of hydrogen-bond acceptors (Lipinski definition) is 2. The van der Waals surface area contributed by atoms with Crippen LogP contribution in [-0.2, 0) is 4.79 Å². The smallest absolute Gasteiger partial charge is 0.305 e. The second-order valence-corrected chi connectivity index (χ2v) is 5.49. The normalized spacial score (nSPS) is 18.9.